The summed E-state index contributed by atoms with van der Waals surface area (Å²) in [7, 11) is 0. The Morgan fingerprint density at radius 1 is 1.36 bits per heavy atom. The van der Waals surface area contributed by atoms with Crippen LogP contribution < -0.4 is 10.6 Å². The van der Waals surface area contributed by atoms with Gasteiger partial charge in [-0.15, -0.1) is 12.4 Å². The number of anilines is 1. The van der Waals surface area contributed by atoms with Crippen LogP contribution in [0.25, 0.3) is 0 Å². The Labute approximate surface area is 150 Å². The summed E-state index contributed by atoms with van der Waals surface area (Å²) < 4.78 is 0.903. The fourth-order valence-corrected chi connectivity index (χ4v) is 3.86. The van der Waals surface area contributed by atoms with Gasteiger partial charge in [-0.25, -0.2) is 0 Å². The van der Waals surface area contributed by atoms with E-state index in [0.717, 1.165) is 24.0 Å². The smallest absolute Gasteiger partial charge is 0.238 e. The van der Waals surface area contributed by atoms with E-state index in [1.807, 2.05) is 12.1 Å². The van der Waals surface area contributed by atoms with Crippen molar-refractivity contribution < 1.29 is 4.79 Å². The minimum atomic E-state index is -0.00278. The van der Waals surface area contributed by atoms with Gasteiger partial charge in [0.05, 0.1) is 17.3 Å². The second kappa shape index (κ2) is 7.97. The molecule has 1 aromatic rings. The van der Waals surface area contributed by atoms with Crippen LogP contribution in [-0.2, 0) is 4.79 Å². The van der Waals surface area contributed by atoms with Gasteiger partial charge < -0.3 is 10.6 Å². The number of nitrogens with zero attached hydrogens (tertiary/aromatic N) is 1. The van der Waals surface area contributed by atoms with Crippen LogP contribution in [0.15, 0.2) is 22.7 Å². The molecule has 0 aliphatic carbocycles. The summed E-state index contributed by atoms with van der Waals surface area (Å²) in [4.78, 5) is 14.4. The number of fused-ring (bicyclic) bond motifs is 2. The third-order valence-electron chi connectivity index (χ3n) is 4.18. The Kier molecular flexibility index (Phi) is 6.53. The molecule has 2 unspecified atom stereocenters. The van der Waals surface area contributed by atoms with Crippen molar-refractivity contribution in [2.24, 2.45) is 0 Å². The van der Waals surface area contributed by atoms with Crippen molar-refractivity contribution in [2.45, 2.75) is 31.3 Å². The summed E-state index contributed by atoms with van der Waals surface area (Å²) >= 11 is 9.48. The van der Waals surface area contributed by atoms with E-state index in [-0.39, 0.29) is 18.3 Å². The number of halogens is 3. The Hall–Kier alpha value is -0.330. The minimum absolute atomic E-state index is 0. The second-order valence-electron chi connectivity index (χ2n) is 5.83. The first-order valence-corrected chi connectivity index (χ1v) is 8.50. The van der Waals surface area contributed by atoms with Gasteiger partial charge in [-0.1, -0.05) is 27.5 Å². The molecular formula is C15H20BrCl2N3O. The summed E-state index contributed by atoms with van der Waals surface area (Å²) in [6, 6.07) is 6.66. The Morgan fingerprint density at radius 2 is 2.14 bits per heavy atom. The number of carbonyl (C=O) groups excluding carboxylic acids is 1. The van der Waals surface area contributed by atoms with Crippen LogP contribution in [0.1, 0.15) is 19.3 Å². The normalized spacial score (nSPS) is 24.5. The lowest BCUT2D eigenvalue weighted by molar-refractivity contribution is -0.117. The van der Waals surface area contributed by atoms with Crippen LogP contribution in [-0.4, -0.2) is 42.5 Å². The SMILES string of the molecule is Cl.O=C(CN1CCC2CCC(C1)N2)Nc1ccc(Br)cc1Cl. The molecule has 1 amide bonds. The molecule has 0 aromatic heterocycles. The highest BCUT2D eigenvalue weighted by molar-refractivity contribution is 9.10. The molecular weight excluding hydrogens is 389 g/mol. The highest BCUT2D eigenvalue weighted by Gasteiger charge is 2.29. The first-order valence-electron chi connectivity index (χ1n) is 7.33. The van der Waals surface area contributed by atoms with E-state index in [1.54, 1.807) is 6.07 Å². The van der Waals surface area contributed by atoms with Crippen molar-refractivity contribution in [3.05, 3.63) is 27.7 Å². The van der Waals surface area contributed by atoms with Crippen LogP contribution in [0.2, 0.25) is 5.02 Å². The molecule has 2 atom stereocenters. The third kappa shape index (κ3) is 4.59. The number of hydrogen-bond acceptors (Lipinski definition) is 3. The maximum Gasteiger partial charge on any atom is 0.238 e. The van der Waals surface area contributed by atoms with Crippen molar-refractivity contribution in [2.75, 3.05) is 25.0 Å². The van der Waals surface area contributed by atoms with Gasteiger partial charge in [0.25, 0.3) is 0 Å². The molecule has 2 saturated heterocycles. The number of amides is 1. The quantitative estimate of drug-likeness (QED) is 0.806. The molecule has 0 saturated carbocycles. The molecule has 0 spiro atoms. The van der Waals surface area contributed by atoms with E-state index in [9.17, 15) is 4.79 Å². The van der Waals surface area contributed by atoms with Gasteiger partial charge in [0.2, 0.25) is 5.91 Å². The van der Waals surface area contributed by atoms with Crippen LogP contribution in [0.5, 0.6) is 0 Å². The molecule has 7 heteroatoms. The second-order valence-corrected chi connectivity index (χ2v) is 7.16. The van der Waals surface area contributed by atoms with Crippen LogP contribution >= 0.6 is 39.9 Å². The van der Waals surface area contributed by atoms with Crippen molar-refractivity contribution >= 4 is 51.5 Å². The molecule has 122 valence electrons. The van der Waals surface area contributed by atoms with E-state index in [4.69, 9.17) is 11.6 Å². The minimum Gasteiger partial charge on any atom is -0.324 e. The monoisotopic (exact) mass is 407 g/mol. The van der Waals surface area contributed by atoms with Gasteiger partial charge in [0, 0.05) is 29.6 Å². The molecule has 3 rings (SSSR count). The number of carbonyl (C=O) groups is 1. The molecule has 2 bridgehead atoms. The van der Waals surface area contributed by atoms with E-state index in [1.165, 1.54) is 12.8 Å². The summed E-state index contributed by atoms with van der Waals surface area (Å²) in [5.41, 5.74) is 0.666. The third-order valence-corrected chi connectivity index (χ3v) is 4.99. The maximum absolute atomic E-state index is 12.2. The molecule has 2 aliphatic rings. The Bertz CT molecular complexity index is 544. The van der Waals surface area contributed by atoms with Gasteiger partial charge in [0.15, 0.2) is 0 Å². The summed E-state index contributed by atoms with van der Waals surface area (Å²) in [6.45, 7) is 2.37. The lowest BCUT2D eigenvalue weighted by Gasteiger charge is -2.23. The van der Waals surface area contributed by atoms with Crippen LogP contribution in [0, 0.1) is 0 Å². The van der Waals surface area contributed by atoms with E-state index in [2.05, 4.69) is 31.5 Å². The van der Waals surface area contributed by atoms with Crippen molar-refractivity contribution in [3.8, 4) is 0 Å². The fraction of sp³-hybridized carbons (Fsp3) is 0.533. The molecule has 1 aromatic carbocycles. The molecule has 2 N–H and O–H groups in total. The predicted molar refractivity (Wildman–Crippen MR) is 96.0 cm³/mol. The maximum atomic E-state index is 12.2. The summed E-state index contributed by atoms with van der Waals surface area (Å²) in [5.74, 6) is -0.00278. The lowest BCUT2D eigenvalue weighted by Crippen LogP contribution is -2.39. The van der Waals surface area contributed by atoms with Crippen LogP contribution in [0.4, 0.5) is 5.69 Å². The number of likely N-dealkylation sites (tertiary alicyclic amines) is 1. The van der Waals surface area contributed by atoms with Gasteiger partial charge in [-0.05, 0) is 37.5 Å². The first kappa shape index (κ1) is 18.0. The van der Waals surface area contributed by atoms with Crippen molar-refractivity contribution in [3.63, 3.8) is 0 Å². The van der Waals surface area contributed by atoms with Crippen molar-refractivity contribution in [1.82, 2.24) is 10.2 Å². The van der Waals surface area contributed by atoms with Gasteiger partial charge in [0.1, 0.15) is 0 Å². The van der Waals surface area contributed by atoms with Gasteiger partial charge >= 0.3 is 0 Å². The van der Waals surface area contributed by atoms with Crippen LogP contribution in [0.3, 0.4) is 0 Å². The highest BCUT2D eigenvalue weighted by atomic mass is 79.9. The zero-order chi connectivity index (χ0) is 14.8. The van der Waals surface area contributed by atoms with E-state index >= 15 is 0 Å². The van der Waals surface area contributed by atoms with E-state index < -0.39 is 0 Å². The summed E-state index contributed by atoms with van der Waals surface area (Å²) in [6.07, 6.45) is 3.63. The zero-order valence-corrected chi connectivity index (χ0v) is 15.3. The number of nitrogens with one attached hydrogen (secondary N) is 2. The number of hydrogen-bond donors (Lipinski definition) is 2. The Balaban J connectivity index is 0.00000176. The van der Waals surface area contributed by atoms with Gasteiger partial charge in [-0.3, -0.25) is 9.69 Å². The predicted octanol–water partition coefficient (Wildman–Crippen LogP) is 3.29. The highest BCUT2D eigenvalue weighted by Crippen LogP contribution is 2.26. The molecule has 4 nitrogen and oxygen atoms in total. The standard InChI is InChI=1S/C15H19BrClN3O.ClH/c16-10-1-4-14(13(17)7-10)19-15(21)9-20-6-5-11-2-3-12(8-20)18-11;/h1,4,7,11-12,18H,2-3,5-6,8-9H2,(H,19,21);1H. The Morgan fingerprint density at radius 3 is 2.91 bits per heavy atom. The molecule has 22 heavy (non-hydrogen) atoms. The number of benzene rings is 1. The average molecular weight is 409 g/mol. The summed E-state index contributed by atoms with van der Waals surface area (Å²) in [5, 5.41) is 7.07. The fourth-order valence-electron chi connectivity index (χ4n) is 3.14. The van der Waals surface area contributed by atoms with Gasteiger partial charge in [-0.2, -0.15) is 0 Å². The molecule has 0 radical (unpaired) electrons. The van der Waals surface area contributed by atoms with Crippen molar-refractivity contribution in [1.29, 1.82) is 0 Å². The molecule has 2 heterocycles. The largest absolute Gasteiger partial charge is 0.324 e. The molecule has 2 aliphatic heterocycles. The topological polar surface area (TPSA) is 44.4 Å². The average Bonchev–Trinajstić information content (AvgIpc) is 2.76. The lowest BCUT2D eigenvalue weighted by atomic mass is 10.1. The molecule has 2 fully saturated rings. The number of rotatable bonds is 3. The zero-order valence-electron chi connectivity index (χ0n) is 12.1. The van der Waals surface area contributed by atoms with E-state index in [0.29, 0.717) is 29.3 Å². The first-order chi connectivity index (χ1) is 10.1.